The molecule has 4 heteroatoms. The minimum Gasteiger partial charge on any atom is -0.294 e. The number of nitrogens with zero attached hydrogens (tertiary/aromatic N) is 2. The van der Waals surface area contributed by atoms with Crippen molar-refractivity contribution in [3.05, 3.63) is 45.9 Å². The zero-order valence-electron chi connectivity index (χ0n) is 9.01. The first-order valence-corrected chi connectivity index (χ1v) is 5.98. The van der Waals surface area contributed by atoms with E-state index in [4.69, 9.17) is 0 Å². The van der Waals surface area contributed by atoms with Crippen molar-refractivity contribution in [3.8, 4) is 0 Å². The van der Waals surface area contributed by atoms with E-state index in [-0.39, 0.29) is 5.78 Å². The topological polar surface area (TPSA) is 42.9 Å². The summed E-state index contributed by atoms with van der Waals surface area (Å²) in [7, 11) is 0. The first-order valence-electron chi connectivity index (χ1n) is 5.17. The van der Waals surface area contributed by atoms with Crippen molar-refractivity contribution in [2.75, 3.05) is 0 Å². The van der Waals surface area contributed by atoms with Gasteiger partial charge < -0.3 is 0 Å². The quantitative estimate of drug-likeness (QED) is 0.761. The maximum atomic E-state index is 11.9. The Hall–Kier alpha value is -1.55. The summed E-state index contributed by atoms with van der Waals surface area (Å²) in [5.41, 5.74) is 0.626. The van der Waals surface area contributed by atoms with Crippen LogP contribution in [0, 0.1) is 0 Å². The van der Waals surface area contributed by atoms with Crippen molar-refractivity contribution < 1.29 is 4.79 Å². The SMILES string of the molecule is CCc1ccc(CC(=O)c2ccnnc2)s1. The van der Waals surface area contributed by atoms with Crippen LogP contribution in [-0.4, -0.2) is 16.0 Å². The summed E-state index contributed by atoms with van der Waals surface area (Å²) in [6.07, 6.45) is 4.53. The lowest BCUT2D eigenvalue weighted by Crippen LogP contribution is -2.02. The molecule has 16 heavy (non-hydrogen) atoms. The molecule has 2 heterocycles. The van der Waals surface area contributed by atoms with Crippen LogP contribution in [0.1, 0.15) is 27.0 Å². The van der Waals surface area contributed by atoms with Crippen LogP contribution in [0.4, 0.5) is 0 Å². The molecule has 0 aliphatic carbocycles. The van der Waals surface area contributed by atoms with Gasteiger partial charge in [-0.25, -0.2) is 0 Å². The average Bonchev–Trinajstić information content (AvgIpc) is 2.78. The van der Waals surface area contributed by atoms with E-state index in [0.717, 1.165) is 11.3 Å². The van der Waals surface area contributed by atoms with Crippen LogP contribution in [0.3, 0.4) is 0 Å². The van der Waals surface area contributed by atoms with Gasteiger partial charge in [0.1, 0.15) is 0 Å². The highest BCUT2D eigenvalue weighted by Gasteiger charge is 2.08. The number of hydrogen-bond acceptors (Lipinski definition) is 4. The van der Waals surface area contributed by atoms with Gasteiger partial charge in [0, 0.05) is 21.7 Å². The molecule has 0 bridgehead atoms. The third kappa shape index (κ3) is 2.52. The third-order valence-electron chi connectivity index (χ3n) is 2.31. The minimum absolute atomic E-state index is 0.0967. The van der Waals surface area contributed by atoms with Crippen molar-refractivity contribution >= 4 is 17.1 Å². The monoisotopic (exact) mass is 232 g/mol. The van der Waals surface area contributed by atoms with E-state index in [0.29, 0.717) is 12.0 Å². The second kappa shape index (κ2) is 4.99. The molecule has 0 radical (unpaired) electrons. The van der Waals surface area contributed by atoms with Gasteiger partial charge in [0.25, 0.3) is 0 Å². The molecular weight excluding hydrogens is 220 g/mol. The van der Waals surface area contributed by atoms with E-state index in [9.17, 15) is 4.79 Å². The lowest BCUT2D eigenvalue weighted by Gasteiger charge is -1.97. The van der Waals surface area contributed by atoms with Crippen molar-refractivity contribution in [2.24, 2.45) is 0 Å². The number of hydrogen-bond donors (Lipinski definition) is 0. The van der Waals surface area contributed by atoms with E-state index >= 15 is 0 Å². The first-order chi connectivity index (χ1) is 7.79. The van der Waals surface area contributed by atoms with Crippen molar-refractivity contribution in [1.29, 1.82) is 0 Å². The highest BCUT2D eigenvalue weighted by Crippen LogP contribution is 2.18. The van der Waals surface area contributed by atoms with E-state index in [1.807, 2.05) is 6.07 Å². The van der Waals surface area contributed by atoms with Gasteiger partial charge in [-0.1, -0.05) is 6.92 Å². The number of thiophene rings is 1. The fourth-order valence-electron chi connectivity index (χ4n) is 1.42. The van der Waals surface area contributed by atoms with Crippen molar-refractivity contribution in [1.82, 2.24) is 10.2 Å². The number of ketones is 1. The summed E-state index contributed by atoms with van der Waals surface area (Å²) in [6, 6.07) is 5.80. The van der Waals surface area contributed by atoms with Crippen LogP contribution >= 0.6 is 11.3 Å². The molecule has 0 N–H and O–H groups in total. The molecule has 0 unspecified atom stereocenters. The molecule has 0 aliphatic rings. The molecule has 0 amide bonds. The highest BCUT2D eigenvalue weighted by atomic mass is 32.1. The van der Waals surface area contributed by atoms with Crippen LogP contribution in [0.5, 0.6) is 0 Å². The van der Waals surface area contributed by atoms with Gasteiger partial charge in [-0.3, -0.25) is 4.79 Å². The second-order valence-corrected chi connectivity index (χ2v) is 4.71. The Balaban J connectivity index is 2.08. The second-order valence-electron chi connectivity index (χ2n) is 3.45. The molecule has 82 valence electrons. The number of Topliss-reactive ketones (excluding diaryl/α,β-unsaturated/α-hetero) is 1. The molecule has 0 aromatic carbocycles. The summed E-state index contributed by atoms with van der Waals surface area (Å²) < 4.78 is 0. The Morgan fingerprint density at radius 2 is 2.06 bits per heavy atom. The molecule has 2 rings (SSSR count). The van der Waals surface area contributed by atoms with Gasteiger partial charge in [-0.2, -0.15) is 10.2 Å². The third-order valence-corrected chi connectivity index (χ3v) is 3.54. The van der Waals surface area contributed by atoms with Crippen LogP contribution in [0.15, 0.2) is 30.6 Å². The van der Waals surface area contributed by atoms with Crippen LogP contribution in [-0.2, 0) is 12.8 Å². The van der Waals surface area contributed by atoms with Crippen molar-refractivity contribution in [2.45, 2.75) is 19.8 Å². The maximum absolute atomic E-state index is 11.9. The molecule has 0 saturated heterocycles. The predicted octanol–water partition coefficient (Wildman–Crippen LogP) is 2.53. The summed E-state index contributed by atoms with van der Waals surface area (Å²) >= 11 is 1.70. The lowest BCUT2D eigenvalue weighted by atomic mass is 10.1. The normalized spacial score (nSPS) is 10.3. The van der Waals surface area contributed by atoms with E-state index < -0.39 is 0 Å². The van der Waals surface area contributed by atoms with Gasteiger partial charge in [0.15, 0.2) is 5.78 Å². The Morgan fingerprint density at radius 1 is 1.25 bits per heavy atom. The Kier molecular flexibility index (Phi) is 3.41. The number of carbonyl (C=O) groups excluding carboxylic acids is 1. The summed E-state index contributed by atoms with van der Waals surface area (Å²) in [6.45, 7) is 2.12. The average molecular weight is 232 g/mol. The van der Waals surface area contributed by atoms with Crippen LogP contribution in [0.2, 0.25) is 0 Å². The van der Waals surface area contributed by atoms with Gasteiger partial charge in [0.2, 0.25) is 0 Å². The summed E-state index contributed by atoms with van der Waals surface area (Å²) in [5.74, 6) is 0.0967. The Morgan fingerprint density at radius 3 is 2.69 bits per heavy atom. The minimum atomic E-state index is 0.0967. The molecular formula is C12H12N2OS. The van der Waals surface area contributed by atoms with Crippen molar-refractivity contribution in [3.63, 3.8) is 0 Å². The number of rotatable bonds is 4. The lowest BCUT2D eigenvalue weighted by molar-refractivity contribution is 0.0993. The van der Waals surface area contributed by atoms with Gasteiger partial charge in [-0.05, 0) is 24.6 Å². The van der Waals surface area contributed by atoms with E-state index in [1.54, 1.807) is 23.6 Å². The van der Waals surface area contributed by atoms with Crippen LogP contribution < -0.4 is 0 Å². The molecule has 0 spiro atoms. The Bertz CT molecular complexity index is 479. The molecule has 3 nitrogen and oxygen atoms in total. The Labute approximate surface area is 98.2 Å². The molecule has 0 saturated carbocycles. The first kappa shape index (κ1) is 11.0. The summed E-state index contributed by atoms with van der Waals surface area (Å²) in [4.78, 5) is 14.3. The molecule has 2 aromatic rings. The molecule has 0 aliphatic heterocycles. The fourth-order valence-corrected chi connectivity index (χ4v) is 2.38. The van der Waals surface area contributed by atoms with Gasteiger partial charge >= 0.3 is 0 Å². The van der Waals surface area contributed by atoms with Gasteiger partial charge in [-0.15, -0.1) is 11.3 Å². The molecule has 0 fully saturated rings. The van der Waals surface area contributed by atoms with E-state index in [1.165, 1.54) is 11.1 Å². The van der Waals surface area contributed by atoms with E-state index in [2.05, 4.69) is 23.2 Å². The zero-order chi connectivity index (χ0) is 11.4. The van der Waals surface area contributed by atoms with Crippen LogP contribution in [0.25, 0.3) is 0 Å². The number of aromatic nitrogens is 2. The predicted molar refractivity (Wildman–Crippen MR) is 63.8 cm³/mol. The zero-order valence-corrected chi connectivity index (χ0v) is 9.83. The maximum Gasteiger partial charge on any atom is 0.169 e. The molecule has 2 aromatic heterocycles. The highest BCUT2D eigenvalue weighted by molar-refractivity contribution is 7.12. The summed E-state index contributed by atoms with van der Waals surface area (Å²) in [5, 5.41) is 7.35. The fraction of sp³-hybridized carbons (Fsp3) is 0.250. The van der Waals surface area contributed by atoms with Gasteiger partial charge in [0.05, 0.1) is 12.4 Å². The number of aryl methyl sites for hydroxylation is 1. The number of carbonyl (C=O) groups is 1. The smallest absolute Gasteiger partial charge is 0.169 e. The standard InChI is InChI=1S/C12H12N2OS/c1-2-10-3-4-11(16-10)7-12(15)9-5-6-13-14-8-9/h3-6,8H,2,7H2,1H3. The molecule has 0 atom stereocenters. The largest absolute Gasteiger partial charge is 0.294 e.